The van der Waals surface area contributed by atoms with Crippen LogP contribution in [0.25, 0.3) is 0 Å². The fourth-order valence-electron chi connectivity index (χ4n) is 11.7. The van der Waals surface area contributed by atoms with Crippen LogP contribution in [-0.4, -0.2) is 96.7 Å². The number of phosphoric acid groups is 2. The lowest BCUT2D eigenvalue weighted by atomic mass is 9.99. The van der Waals surface area contributed by atoms with E-state index >= 15 is 0 Å². The zero-order valence-electron chi connectivity index (χ0n) is 63.0. The van der Waals surface area contributed by atoms with E-state index in [0.717, 1.165) is 114 Å². The Bertz CT molecular complexity index is 1890. The van der Waals surface area contributed by atoms with Crippen LogP contribution in [0, 0.1) is 23.7 Å². The first kappa shape index (κ1) is 94.1. The highest BCUT2D eigenvalue weighted by Gasteiger charge is 2.30. The summed E-state index contributed by atoms with van der Waals surface area (Å²) in [4.78, 5) is 72.7. The molecule has 4 unspecified atom stereocenters. The van der Waals surface area contributed by atoms with E-state index in [9.17, 15) is 43.2 Å². The van der Waals surface area contributed by atoms with Gasteiger partial charge in [0.25, 0.3) is 0 Å². The Kier molecular flexibility index (Phi) is 65.0. The fourth-order valence-corrected chi connectivity index (χ4v) is 13.2. The molecular formula is C77H150O17P2. The van der Waals surface area contributed by atoms with E-state index in [-0.39, 0.29) is 25.7 Å². The van der Waals surface area contributed by atoms with Gasteiger partial charge in [-0.1, -0.05) is 338 Å². The van der Waals surface area contributed by atoms with Gasteiger partial charge in [-0.2, -0.15) is 0 Å². The minimum Gasteiger partial charge on any atom is -0.462 e. The van der Waals surface area contributed by atoms with Gasteiger partial charge in [0.05, 0.1) is 26.4 Å². The number of aliphatic hydroxyl groups is 1. The molecule has 0 amide bonds. The lowest BCUT2D eigenvalue weighted by Crippen LogP contribution is -2.30. The molecule has 0 aliphatic rings. The van der Waals surface area contributed by atoms with Gasteiger partial charge >= 0.3 is 39.5 Å². The molecule has 19 heteroatoms. The van der Waals surface area contributed by atoms with Gasteiger partial charge in [0, 0.05) is 25.7 Å². The SMILES string of the molecule is CCC(C)CCCCCCCCCCCCCCCCCCCCC(=O)OC[C@H](COP(=O)(O)OC[C@@H](O)COP(=O)(O)OC[C@@H](COC(=O)CCCCCCCCC(C)C)OC(=O)CCCCCCCCCCCCC(C)CC)OC(=O)CCCCCCCCCCC(C)C. The molecule has 0 heterocycles. The standard InChI is InChI=1S/C77H150O17P2/c1-9-69(7)55-47-39-30-23-19-17-15-13-11-12-14-16-18-20-25-32-41-49-57-74(79)87-63-72(94-77(82)60-52-44-34-28-27-29-37-45-53-67(3)4)65-91-95(83,84)89-61-71(78)62-90-96(85,86)92-66-73(64-88-75(80)58-50-42-36-35-38-46-54-68(5)6)93-76(81)59-51-43-33-26-22-21-24-31-40-48-56-70(8)10-2/h67-73,78H,9-66H2,1-8H3,(H,83,84)(H,85,86)/t69?,70?,71-,72-,73-/m1/s1. The Balaban J connectivity index is 5.14. The Morgan fingerprint density at radius 1 is 0.292 bits per heavy atom. The molecule has 17 nitrogen and oxygen atoms in total. The predicted octanol–water partition coefficient (Wildman–Crippen LogP) is 22.4. The van der Waals surface area contributed by atoms with Gasteiger partial charge in [-0.05, 0) is 49.4 Å². The average Bonchev–Trinajstić information content (AvgIpc) is 2.22. The van der Waals surface area contributed by atoms with Gasteiger partial charge in [0.15, 0.2) is 12.2 Å². The van der Waals surface area contributed by atoms with Crippen LogP contribution in [0.2, 0.25) is 0 Å². The average molecular weight is 1410 g/mol. The maximum Gasteiger partial charge on any atom is 0.472 e. The highest BCUT2D eigenvalue weighted by atomic mass is 31.2. The van der Waals surface area contributed by atoms with E-state index in [1.165, 1.54) is 186 Å². The van der Waals surface area contributed by atoms with Crippen molar-refractivity contribution in [2.24, 2.45) is 23.7 Å². The number of carbonyl (C=O) groups is 4. The first-order valence-corrected chi connectivity index (χ1v) is 42.8. The number of esters is 4. The number of rotatable bonds is 74. The third-order valence-corrected chi connectivity index (χ3v) is 20.4. The quantitative estimate of drug-likeness (QED) is 0.0222. The van der Waals surface area contributed by atoms with Crippen LogP contribution in [0.4, 0.5) is 0 Å². The summed E-state index contributed by atoms with van der Waals surface area (Å²) in [7, 11) is -9.91. The van der Waals surface area contributed by atoms with E-state index in [0.29, 0.717) is 31.6 Å². The second-order valence-corrected chi connectivity index (χ2v) is 32.1. The van der Waals surface area contributed by atoms with Crippen LogP contribution >= 0.6 is 15.6 Å². The Labute approximate surface area is 588 Å². The van der Waals surface area contributed by atoms with Gasteiger partial charge in [-0.25, -0.2) is 9.13 Å². The molecule has 0 aromatic carbocycles. The van der Waals surface area contributed by atoms with Crippen molar-refractivity contribution in [3.8, 4) is 0 Å². The first-order chi connectivity index (χ1) is 46.2. The third kappa shape index (κ3) is 67.9. The summed E-state index contributed by atoms with van der Waals surface area (Å²) in [5.74, 6) is 0.950. The molecule has 0 aromatic rings. The summed E-state index contributed by atoms with van der Waals surface area (Å²) in [6.07, 6.45) is 51.6. The number of hydrogen-bond acceptors (Lipinski definition) is 15. The molecule has 0 rings (SSSR count). The Morgan fingerprint density at radius 3 is 0.740 bits per heavy atom. The van der Waals surface area contributed by atoms with Crippen LogP contribution in [0.15, 0.2) is 0 Å². The molecule has 0 aliphatic heterocycles. The Morgan fingerprint density at radius 2 is 0.500 bits per heavy atom. The van der Waals surface area contributed by atoms with Crippen LogP contribution in [-0.2, 0) is 65.4 Å². The van der Waals surface area contributed by atoms with E-state index in [2.05, 4.69) is 55.4 Å². The minimum absolute atomic E-state index is 0.104. The Hall–Kier alpha value is -1.94. The second-order valence-electron chi connectivity index (χ2n) is 29.2. The van der Waals surface area contributed by atoms with Gasteiger partial charge in [-0.15, -0.1) is 0 Å². The zero-order chi connectivity index (χ0) is 71.0. The molecule has 0 fully saturated rings. The molecule has 0 spiro atoms. The topological polar surface area (TPSA) is 237 Å². The van der Waals surface area contributed by atoms with Crippen molar-refractivity contribution in [1.29, 1.82) is 0 Å². The number of carbonyl (C=O) groups excluding carboxylic acids is 4. The van der Waals surface area contributed by atoms with Crippen molar-refractivity contribution >= 4 is 39.5 Å². The molecule has 0 bridgehead atoms. The summed E-state index contributed by atoms with van der Waals surface area (Å²) in [5.41, 5.74) is 0. The van der Waals surface area contributed by atoms with Crippen molar-refractivity contribution in [3.05, 3.63) is 0 Å². The normalized spacial score (nSPS) is 14.7. The molecule has 0 aromatic heterocycles. The highest BCUT2D eigenvalue weighted by molar-refractivity contribution is 7.47. The van der Waals surface area contributed by atoms with Gasteiger partial charge in [-0.3, -0.25) is 37.3 Å². The summed E-state index contributed by atoms with van der Waals surface area (Å²) >= 11 is 0. The van der Waals surface area contributed by atoms with E-state index in [1.807, 2.05) is 0 Å². The van der Waals surface area contributed by atoms with Crippen molar-refractivity contribution in [2.75, 3.05) is 39.6 Å². The predicted molar refractivity (Wildman–Crippen MR) is 391 cm³/mol. The van der Waals surface area contributed by atoms with E-state index in [4.69, 9.17) is 37.0 Å². The monoisotopic (exact) mass is 1410 g/mol. The van der Waals surface area contributed by atoms with Crippen LogP contribution < -0.4 is 0 Å². The van der Waals surface area contributed by atoms with Gasteiger partial charge in [0.2, 0.25) is 0 Å². The molecular weight excluding hydrogens is 1260 g/mol. The first-order valence-electron chi connectivity index (χ1n) is 39.8. The summed E-state index contributed by atoms with van der Waals surface area (Å²) in [6, 6.07) is 0. The molecule has 96 heavy (non-hydrogen) atoms. The van der Waals surface area contributed by atoms with Crippen LogP contribution in [0.5, 0.6) is 0 Å². The lowest BCUT2D eigenvalue weighted by molar-refractivity contribution is -0.161. The maximum absolute atomic E-state index is 13.1. The molecule has 0 saturated carbocycles. The number of aliphatic hydroxyl groups excluding tert-OH is 1. The molecule has 7 atom stereocenters. The van der Waals surface area contributed by atoms with Crippen molar-refractivity contribution in [2.45, 2.75) is 408 Å². The molecule has 0 saturated heterocycles. The summed E-state index contributed by atoms with van der Waals surface area (Å²) < 4.78 is 68.5. The van der Waals surface area contributed by atoms with Crippen molar-refractivity contribution < 1.29 is 80.2 Å². The van der Waals surface area contributed by atoms with E-state index < -0.39 is 97.5 Å². The lowest BCUT2D eigenvalue weighted by Gasteiger charge is -2.21. The summed E-state index contributed by atoms with van der Waals surface area (Å²) in [6.45, 7) is 14.2. The smallest absolute Gasteiger partial charge is 0.462 e. The molecule has 0 aliphatic carbocycles. The molecule has 570 valence electrons. The number of ether oxygens (including phenoxy) is 4. The molecule has 0 radical (unpaired) electrons. The molecule has 3 N–H and O–H groups in total. The van der Waals surface area contributed by atoms with Gasteiger partial charge < -0.3 is 33.8 Å². The van der Waals surface area contributed by atoms with Gasteiger partial charge in [0.1, 0.15) is 19.3 Å². The largest absolute Gasteiger partial charge is 0.472 e. The minimum atomic E-state index is -4.96. The number of phosphoric ester groups is 2. The van der Waals surface area contributed by atoms with E-state index in [1.54, 1.807) is 0 Å². The number of unbranched alkanes of at least 4 members (excludes halogenated alkanes) is 38. The van der Waals surface area contributed by atoms with Crippen molar-refractivity contribution in [3.63, 3.8) is 0 Å². The maximum atomic E-state index is 13.1. The third-order valence-electron chi connectivity index (χ3n) is 18.5. The van der Waals surface area contributed by atoms with Crippen LogP contribution in [0.3, 0.4) is 0 Å². The zero-order valence-corrected chi connectivity index (χ0v) is 64.8. The summed E-state index contributed by atoms with van der Waals surface area (Å²) in [5, 5.41) is 10.6. The van der Waals surface area contributed by atoms with Crippen molar-refractivity contribution in [1.82, 2.24) is 0 Å². The number of hydrogen-bond donors (Lipinski definition) is 3. The second kappa shape index (κ2) is 66.3. The highest BCUT2D eigenvalue weighted by Crippen LogP contribution is 2.45. The van der Waals surface area contributed by atoms with Crippen LogP contribution in [0.1, 0.15) is 389 Å². The fraction of sp³-hybridized carbons (Fsp3) is 0.948.